The molecule has 0 aliphatic heterocycles. The second-order valence-electron chi connectivity index (χ2n) is 4.18. The molecule has 1 atom stereocenters. The van der Waals surface area contributed by atoms with Crippen molar-refractivity contribution in [3.05, 3.63) is 34.3 Å². The Morgan fingerprint density at radius 1 is 1.24 bits per heavy atom. The van der Waals surface area contributed by atoms with Gasteiger partial charge < -0.3 is 0 Å². The number of halogens is 4. The fraction of sp³-hybridized carbons (Fsp3) is 0.417. The number of carbonyl (C=O) groups excluding carboxylic acids is 1. The highest BCUT2D eigenvalue weighted by molar-refractivity contribution is 6.30. The molecular weight excluding hydrogens is 253 g/mol. The van der Waals surface area contributed by atoms with Crippen molar-refractivity contribution in [3.63, 3.8) is 0 Å². The summed E-state index contributed by atoms with van der Waals surface area (Å²) in [4.78, 5) is 11.5. The molecule has 0 saturated heterocycles. The van der Waals surface area contributed by atoms with Gasteiger partial charge in [-0.15, -0.1) is 0 Å². The largest absolute Gasteiger partial charge is 0.416 e. The van der Waals surface area contributed by atoms with Crippen LogP contribution in [0.15, 0.2) is 18.2 Å². The molecule has 0 amide bonds. The van der Waals surface area contributed by atoms with E-state index in [-0.39, 0.29) is 10.8 Å². The van der Waals surface area contributed by atoms with Crippen molar-refractivity contribution in [2.75, 3.05) is 0 Å². The predicted molar refractivity (Wildman–Crippen MR) is 58.1 cm³/mol. The maximum atomic E-state index is 12.6. The Balaban J connectivity index is 2.41. The number of hydrogen-bond donors (Lipinski definition) is 0. The van der Waals surface area contributed by atoms with Crippen molar-refractivity contribution in [1.82, 2.24) is 0 Å². The molecule has 2 rings (SSSR count). The normalized spacial score (nSPS) is 20.9. The summed E-state index contributed by atoms with van der Waals surface area (Å²) in [5, 5.41) is 0.0227. The quantitative estimate of drug-likeness (QED) is 0.741. The van der Waals surface area contributed by atoms with Gasteiger partial charge in [0.05, 0.1) is 5.56 Å². The molecule has 92 valence electrons. The minimum atomic E-state index is -4.43. The van der Waals surface area contributed by atoms with Crippen molar-refractivity contribution in [3.8, 4) is 0 Å². The van der Waals surface area contributed by atoms with Gasteiger partial charge in [0.15, 0.2) is 0 Å². The number of ketones is 1. The van der Waals surface area contributed by atoms with E-state index in [1.165, 1.54) is 6.07 Å². The summed E-state index contributed by atoms with van der Waals surface area (Å²) in [6.45, 7) is 0. The topological polar surface area (TPSA) is 17.1 Å². The Morgan fingerprint density at radius 3 is 2.47 bits per heavy atom. The van der Waals surface area contributed by atoms with Gasteiger partial charge in [0, 0.05) is 17.4 Å². The van der Waals surface area contributed by atoms with E-state index in [1.807, 2.05) is 0 Å². The maximum Gasteiger partial charge on any atom is 0.416 e. The van der Waals surface area contributed by atoms with Gasteiger partial charge >= 0.3 is 6.18 Å². The molecule has 0 radical (unpaired) electrons. The molecule has 1 aromatic rings. The molecule has 17 heavy (non-hydrogen) atoms. The second-order valence-corrected chi connectivity index (χ2v) is 4.62. The van der Waals surface area contributed by atoms with Gasteiger partial charge in [-0.1, -0.05) is 11.6 Å². The minimum Gasteiger partial charge on any atom is -0.299 e. The summed E-state index contributed by atoms with van der Waals surface area (Å²) in [6.07, 6.45) is -2.65. The maximum absolute atomic E-state index is 12.6. The molecule has 1 aromatic carbocycles. The number of benzene rings is 1. The Labute approximate surface area is 102 Å². The van der Waals surface area contributed by atoms with Crippen LogP contribution in [0.25, 0.3) is 0 Å². The monoisotopic (exact) mass is 262 g/mol. The molecule has 1 saturated carbocycles. The first-order valence-corrected chi connectivity index (χ1v) is 5.66. The van der Waals surface area contributed by atoms with Crippen LogP contribution in [0.4, 0.5) is 13.2 Å². The van der Waals surface area contributed by atoms with Crippen LogP contribution in [0.3, 0.4) is 0 Å². The molecule has 1 unspecified atom stereocenters. The zero-order valence-electron chi connectivity index (χ0n) is 8.85. The van der Waals surface area contributed by atoms with Gasteiger partial charge in [0.25, 0.3) is 0 Å². The van der Waals surface area contributed by atoms with Crippen LogP contribution in [0, 0.1) is 0 Å². The van der Waals surface area contributed by atoms with Crippen LogP contribution in [-0.4, -0.2) is 5.78 Å². The highest BCUT2D eigenvalue weighted by Gasteiger charge is 2.33. The lowest BCUT2D eigenvalue weighted by Gasteiger charge is -2.13. The fourth-order valence-electron chi connectivity index (χ4n) is 2.15. The van der Waals surface area contributed by atoms with Gasteiger partial charge in [-0.2, -0.15) is 13.2 Å². The van der Waals surface area contributed by atoms with Crippen LogP contribution < -0.4 is 0 Å². The third-order valence-electron chi connectivity index (χ3n) is 2.95. The molecule has 1 nitrogen and oxygen atoms in total. The third kappa shape index (κ3) is 2.63. The molecule has 0 aromatic heterocycles. The molecule has 0 spiro atoms. The van der Waals surface area contributed by atoms with E-state index in [0.717, 1.165) is 18.6 Å². The Bertz CT molecular complexity index is 454. The van der Waals surface area contributed by atoms with E-state index in [1.54, 1.807) is 0 Å². The van der Waals surface area contributed by atoms with Gasteiger partial charge in [-0.25, -0.2) is 0 Å². The standard InChI is InChI=1S/C12H10ClF3O/c13-9-5-7(10-2-1-3-11(10)17)4-8(6-9)12(14,15)16/h4-6,10H,1-3H2. The molecule has 5 heteroatoms. The molecular formula is C12H10ClF3O. The van der Waals surface area contributed by atoms with Crippen LogP contribution in [-0.2, 0) is 11.0 Å². The van der Waals surface area contributed by atoms with Gasteiger partial charge in [-0.3, -0.25) is 4.79 Å². The lowest BCUT2D eigenvalue weighted by molar-refractivity contribution is -0.137. The lowest BCUT2D eigenvalue weighted by atomic mass is 9.95. The Morgan fingerprint density at radius 2 is 1.94 bits per heavy atom. The van der Waals surface area contributed by atoms with Crippen LogP contribution >= 0.6 is 11.6 Å². The van der Waals surface area contributed by atoms with E-state index in [9.17, 15) is 18.0 Å². The van der Waals surface area contributed by atoms with Gasteiger partial charge in [0.1, 0.15) is 5.78 Å². The number of hydrogen-bond acceptors (Lipinski definition) is 1. The van der Waals surface area contributed by atoms with Crippen LogP contribution in [0.5, 0.6) is 0 Å². The smallest absolute Gasteiger partial charge is 0.299 e. The van der Waals surface area contributed by atoms with E-state index < -0.39 is 17.7 Å². The number of rotatable bonds is 1. The molecule has 0 heterocycles. The van der Waals surface area contributed by atoms with E-state index in [0.29, 0.717) is 18.4 Å². The number of alkyl halides is 3. The highest BCUT2D eigenvalue weighted by Crippen LogP contribution is 2.37. The molecule has 1 fully saturated rings. The third-order valence-corrected chi connectivity index (χ3v) is 3.17. The predicted octanol–water partition coefficient (Wildman–Crippen LogP) is 4.20. The average molecular weight is 263 g/mol. The highest BCUT2D eigenvalue weighted by atomic mass is 35.5. The Kier molecular flexibility index (Phi) is 3.17. The molecule has 1 aliphatic rings. The van der Waals surface area contributed by atoms with Crippen molar-refractivity contribution in [1.29, 1.82) is 0 Å². The Hall–Kier alpha value is -1.03. The van der Waals surface area contributed by atoms with Gasteiger partial charge in [-0.05, 0) is 36.6 Å². The lowest BCUT2D eigenvalue weighted by Crippen LogP contribution is -2.09. The first-order valence-electron chi connectivity index (χ1n) is 5.28. The summed E-state index contributed by atoms with van der Waals surface area (Å²) in [5.74, 6) is -0.421. The van der Waals surface area contributed by atoms with Crippen molar-refractivity contribution in [2.24, 2.45) is 0 Å². The van der Waals surface area contributed by atoms with Crippen LogP contribution in [0.1, 0.15) is 36.3 Å². The summed E-state index contributed by atoms with van der Waals surface area (Å²) in [7, 11) is 0. The van der Waals surface area contributed by atoms with Crippen molar-refractivity contribution < 1.29 is 18.0 Å². The average Bonchev–Trinajstić information content (AvgIpc) is 2.62. The van der Waals surface area contributed by atoms with E-state index in [4.69, 9.17) is 11.6 Å². The first kappa shape index (κ1) is 12.4. The molecule has 1 aliphatic carbocycles. The summed E-state index contributed by atoms with van der Waals surface area (Å²) < 4.78 is 37.8. The van der Waals surface area contributed by atoms with Crippen molar-refractivity contribution >= 4 is 17.4 Å². The first-order chi connectivity index (χ1) is 7.88. The number of Topliss-reactive ketones (excluding diaryl/α,β-unsaturated/α-hetero) is 1. The number of carbonyl (C=O) groups is 1. The van der Waals surface area contributed by atoms with E-state index in [2.05, 4.69) is 0 Å². The zero-order valence-corrected chi connectivity index (χ0v) is 9.61. The minimum absolute atomic E-state index is 0.000362. The second kappa shape index (κ2) is 4.33. The SMILES string of the molecule is O=C1CCCC1c1cc(Cl)cc(C(F)(F)F)c1. The summed E-state index contributed by atoms with van der Waals surface area (Å²) >= 11 is 5.67. The fourth-order valence-corrected chi connectivity index (χ4v) is 2.39. The van der Waals surface area contributed by atoms with Crippen LogP contribution in [0.2, 0.25) is 5.02 Å². The molecule has 0 bridgehead atoms. The zero-order chi connectivity index (χ0) is 12.6. The summed E-state index contributed by atoms with van der Waals surface area (Å²) in [6, 6.07) is 3.36. The van der Waals surface area contributed by atoms with E-state index >= 15 is 0 Å². The summed E-state index contributed by atoms with van der Waals surface area (Å²) in [5.41, 5.74) is -0.410. The van der Waals surface area contributed by atoms with Gasteiger partial charge in [0.2, 0.25) is 0 Å². The molecule has 0 N–H and O–H groups in total. The van der Waals surface area contributed by atoms with Crippen molar-refractivity contribution in [2.45, 2.75) is 31.4 Å².